The topological polar surface area (TPSA) is 63.7 Å². The van der Waals surface area contributed by atoms with E-state index in [1.165, 1.54) is 0 Å². The van der Waals surface area contributed by atoms with Crippen LogP contribution in [0.4, 0.5) is 5.82 Å². The number of nitrogens with zero attached hydrogens (tertiary/aromatic N) is 2. The molecule has 1 aliphatic rings. The van der Waals surface area contributed by atoms with Gasteiger partial charge in [0.1, 0.15) is 18.2 Å². The quantitative estimate of drug-likeness (QED) is 0.607. The fraction of sp³-hybridized carbons (Fsp3) is 0.308. The summed E-state index contributed by atoms with van der Waals surface area (Å²) in [5, 5.41) is 3.00. The van der Waals surface area contributed by atoms with Gasteiger partial charge in [-0.05, 0) is 43.7 Å². The zero-order valence-electron chi connectivity index (χ0n) is 18.5. The number of hydrogen-bond donors (Lipinski definition) is 1. The molecule has 0 aliphatic carbocycles. The van der Waals surface area contributed by atoms with Crippen molar-refractivity contribution >= 4 is 11.7 Å². The molecule has 0 radical (unpaired) electrons. The van der Waals surface area contributed by atoms with E-state index in [9.17, 15) is 4.79 Å². The maximum Gasteiger partial charge on any atom is 0.251 e. The van der Waals surface area contributed by atoms with Gasteiger partial charge < -0.3 is 19.7 Å². The van der Waals surface area contributed by atoms with Crippen LogP contribution in [-0.2, 0) is 17.9 Å². The largest absolute Gasteiger partial charge is 0.489 e. The molecular weight excluding hydrogens is 402 g/mol. The first kappa shape index (κ1) is 21.8. The lowest BCUT2D eigenvalue weighted by Crippen LogP contribution is -2.45. The van der Waals surface area contributed by atoms with Crippen LogP contribution in [0.15, 0.2) is 72.9 Å². The molecule has 1 fully saturated rings. The van der Waals surface area contributed by atoms with Crippen LogP contribution < -0.4 is 15.0 Å². The number of amides is 1. The molecule has 1 N–H and O–H groups in total. The van der Waals surface area contributed by atoms with Crippen LogP contribution in [-0.4, -0.2) is 36.2 Å². The lowest BCUT2D eigenvalue weighted by molar-refractivity contribution is -0.00546. The van der Waals surface area contributed by atoms with Crippen LogP contribution in [0.5, 0.6) is 5.75 Å². The molecule has 2 atom stereocenters. The molecule has 6 heteroatoms. The summed E-state index contributed by atoms with van der Waals surface area (Å²) in [6, 6.07) is 21.1. The highest BCUT2D eigenvalue weighted by atomic mass is 16.5. The number of pyridine rings is 1. The second kappa shape index (κ2) is 10.3. The third kappa shape index (κ3) is 5.65. The second-order valence-corrected chi connectivity index (χ2v) is 8.13. The molecule has 4 rings (SSSR count). The Morgan fingerprint density at radius 2 is 1.75 bits per heavy atom. The maximum absolute atomic E-state index is 12.8. The van der Waals surface area contributed by atoms with Crippen LogP contribution in [0.25, 0.3) is 0 Å². The summed E-state index contributed by atoms with van der Waals surface area (Å²) in [5.74, 6) is 1.58. The second-order valence-electron chi connectivity index (χ2n) is 8.13. The molecule has 2 heterocycles. The first-order valence-corrected chi connectivity index (χ1v) is 11.0. The van der Waals surface area contributed by atoms with Crippen LogP contribution >= 0.6 is 0 Å². The molecule has 1 saturated heterocycles. The van der Waals surface area contributed by atoms with Crippen molar-refractivity contribution in [2.24, 2.45) is 0 Å². The third-order valence-corrected chi connectivity index (χ3v) is 5.41. The summed E-state index contributed by atoms with van der Waals surface area (Å²) in [7, 11) is 0. The molecule has 3 aromatic rings. The highest BCUT2D eigenvalue weighted by Crippen LogP contribution is 2.19. The Bertz CT molecular complexity index is 1010. The van der Waals surface area contributed by atoms with Gasteiger partial charge in [0.05, 0.1) is 12.2 Å². The predicted octanol–water partition coefficient (Wildman–Crippen LogP) is 4.20. The third-order valence-electron chi connectivity index (χ3n) is 5.41. The van der Waals surface area contributed by atoms with Gasteiger partial charge in [-0.1, -0.05) is 42.5 Å². The first-order chi connectivity index (χ1) is 15.6. The number of benzene rings is 2. The van der Waals surface area contributed by atoms with E-state index in [0.717, 1.165) is 35.8 Å². The van der Waals surface area contributed by atoms with E-state index in [0.29, 0.717) is 18.7 Å². The van der Waals surface area contributed by atoms with E-state index in [-0.39, 0.29) is 18.1 Å². The molecule has 2 unspecified atom stereocenters. The van der Waals surface area contributed by atoms with Crippen molar-refractivity contribution in [2.75, 3.05) is 18.0 Å². The van der Waals surface area contributed by atoms with Crippen molar-refractivity contribution in [1.82, 2.24) is 10.3 Å². The lowest BCUT2D eigenvalue weighted by Gasteiger charge is -2.36. The number of carbonyl (C=O) groups excluding carboxylic acids is 1. The molecular formula is C26H29N3O3. The van der Waals surface area contributed by atoms with Crippen molar-refractivity contribution in [3.05, 3.63) is 89.6 Å². The maximum atomic E-state index is 12.8. The molecule has 0 bridgehead atoms. The van der Waals surface area contributed by atoms with Crippen molar-refractivity contribution in [3.63, 3.8) is 0 Å². The summed E-state index contributed by atoms with van der Waals surface area (Å²) < 4.78 is 11.6. The van der Waals surface area contributed by atoms with Gasteiger partial charge in [0.2, 0.25) is 0 Å². The molecule has 1 aliphatic heterocycles. The smallest absolute Gasteiger partial charge is 0.251 e. The van der Waals surface area contributed by atoms with E-state index in [4.69, 9.17) is 9.47 Å². The Morgan fingerprint density at radius 1 is 1.03 bits per heavy atom. The number of nitrogens with one attached hydrogen (secondary N) is 1. The van der Waals surface area contributed by atoms with Crippen molar-refractivity contribution in [3.8, 4) is 5.75 Å². The molecule has 2 aromatic carbocycles. The van der Waals surface area contributed by atoms with Crippen LogP contribution in [0.1, 0.15) is 35.3 Å². The normalized spacial score (nSPS) is 18.2. The lowest BCUT2D eigenvalue weighted by atomic mass is 10.1. The number of para-hydroxylation sites is 1. The molecule has 6 nitrogen and oxygen atoms in total. The van der Waals surface area contributed by atoms with Gasteiger partial charge in [-0.25, -0.2) is 4.98 Å². The zero-order chi connectivity index (χ0) is 22.3. The molecule has 32 heavy (non-hydrogen) atoms. The van der Waals surface area contributed by atoms with Crippen LogP contribution in [0, 0.1) is 0 Å². The SMILES string of the molecule is CC1CN(c2ccc(CNC(=O)c3ccccc3COc3ccccc3)cn2)CC(C)O1. The van der Waals surface area contributed by atoms with E-state index in [1.807, 2.05) is 72.9 Å². The fourth-order valence-corrected chi connectivity index (χ4v) is 3.90. The number of rotatable bonds is 7. The molecule has 0 spiro atoms. The van der Waals surface area contributed by atoms with Gasteiger partial charge in [0, 0.05) is 37.0 Å². The van der Waals surface area contributed by atoms with Crippen molar-refractivity contribution in [2.45, 2.75) is 39.2 Å². The number of carbonyl (C=O) groups is 1. The number of hydrogen-bond acceptors (Lipinski definition) is 5. The van der Waals surface area contributed by atoms with Crippen LogP contribution in [0.3, 0.4) is 0 Å². The minimum atomic E-state index is -0.128. The van der Waals surface area contributed by atoms with E-state index < -0.39 is 0 Å². The zero-order valence-corrected chi connectivity index (χ0v) is 18.5. The number of morpholine rings is 1. The predicted molar refractivity (Wildman–Crippen MR) is 125 cm³/mol. The van der Waals surface area contributed by atoms with E-state index in [2.05, 4.69) is 29.0 Å². The first-order valence-electron chi connectivity index (χ1n) is 11.0. The van der Waals surface area contributed by atoms with Gasteiger partial charge in [-0.3, -0.25) is 4.79 Å². The summed E-state index contributed by atoms with van der Waals surface area (Å²) in [6.07, 6.45) is 2.20. The Kier molecular flexibility index (Phi) is 7.02. The molecule has 1 aromatic heterocycles. The molecule has 0 saturated carbocycles. The molecule has 166 valence electrons. The van der Waals surface area contributed by atoms with Crippen molar-refractivity contribution in [1.29, 1.82) is 0 Å². The average Bonchev–Trinajstić information content (AvgIpc) is 2.82. The van der Waals surface area contributed by atoms with E-state index in [1.54, 1.807) is 0 Å². The minimum Gasteiger partial charge on any atom is -0.489 e. The highest BCUT2D eigenvalue weighted by Gasteiger charge is 2.23. The fourth-order valence-electron chi connectivity index (χ4n) is 3.90. The van der Waals surface area contributed by atoms with Gasteiger partial charge >= 0.3 is 0 Å². The monoisotopic (exact) mass is 431 g/mol. The highest BCUT2D eigenvalue weighted by molar-refractivity contribution is 5.95. The average molecular weight is 432 g/mol. The standard InChI is InChI=1S/C26H29N3O3/c1-19-16-29(17-20(2)32-19)25-13-12-21(14-27-25)15-28-26(30)24-11-7-6-8-22(24)18-31-23-9-4-3-5-10-23/h3-14,19-20H,15-18H2,1-2H3,(H,28,30). The van der Waals surface area contributed by atoms with Gasteiger partial charge in [0.25, 0.3) is 5.91 Å². The van der Waals surface area contributed by atoms with Crippen LogP contribution in [0.2, 0.25) is 0 Å². The summed E-state index contributed by atoms with van der Waals surface area (Å²) in [5.41, 5.74) is 2.41. The number of aromatic nitrogens is 1. The Labute approximate surface area is 189 Å². The van der Waals surface area contributed by atoms with Gasteiger partial charge in [-0.2, -0.15) is 0 Å². The Hall–Kier alpha value is -3.38. The van der Waals surface area contributed by atoms with Gasteiger partial charge in [0.15, 0.2) is 0 Å². The number of ether oxygens (including phenoxy) is 2. The Balaban J connectivity index is 1.35. The summed E-state index contributed by atoms with van der Waals surface area (Å²) in [6.45, 7) is 6.56. The Morgan fingerprint density at radius 3 is 2.47 bits per heavy atom. The van der Waals surface area contributed by atoms with Gasteiger partial charge in [-0.15, -0.1) is 0 Å². The minimum absolute atomic E-state index is 0.128. The summed E-state index contributed by atoms with van der Waals surface area (Å²) in [4.78, 5) is 19.7. The summed E-state index contributed by atoms with van der Waals surface area (Å²) >= 11 is 0. The molecule has 1 amide bonds. The van der Waals surface area contributed by atoms with E-state index >= 15 is 0 Å². The van der Waals surface area contributed by atoms with Crippen molar-refractivity contribution < 1.29 is 14.3 Å². The number of anilines is 1.